The highest BCUT2D eigenvalue weighted by Gasteiger charge is 2.26. The second kappa shape index (κ2) is 3.77. The quantitative estimate of drug-likeness (QED) is 0.778. The summed E-state index contributed by atoms with van der Waals surface area (Å²) in [7, 11) is 1.86. The van der Waals surface area contributed by atoms with Crippen LogP contribution >= 0.6 is 11.3 Å². The van der Waals surface area contributed by atoms with E-state index in [4.69, 9.17) is 0 Å². The normalized spacial score (nSPS) is 15.2. The molecule has 1 saturated carbocycles. The maximum Gasteiger partial charge on any atom is 0.271 e. The molecule has 6 heteroatoms. The van der Waals surface area contributed by atoms with E-state index in [0.29, 0.717) is 10.7 Å². The molecule has 0 aromatic carbocycles. The molecule has 0 bridgehead atoms. The van der Waals surface area contributed by atoms with Crippen molar-refractivity contribution in [2.45, 2.75) is 18.9 Å². The van der Waals surface area contributed by atoms with Gasteiger partial charge in [-0.25, -0.2) is 9.97 Å². The third-order valence-electron chi connectivity index (χ3n) is 3.52. The van der Waals surface area contributed by atoms with E-state index in [9.17, 15) is 4.79 Å². The minimum atomic E-state index is 0.0672. The highest BCUT2D eigenvalue weighted by Crippen LogP contribution is 2.36. The molecule has 0 spiro atoms. The van der Waals surface area contributed by atoms with Crippen LogP contribution in [0, 0.1) is 0 Å². The summed E-state index contributed by atoms with van der Waals surface area (Å²) in [5.41, 5.74) is 1.80. The van der Waals surface area contributed by atoms with Gasteiger partial charge < -0.3 is 5.32 Å². The molecule has 1 aliphatic carbocycles. The van der Waals surface area contributed by atoms with Gasteiger partial charge in [0.2, 0.25) is 0 Å². The highest BCUT2D eigenvalue weighted by molar-refractivity contribution is 7.25. The van der Waals surface area contributed by atoms with Crippen molar-refractivity contribution < 1.29 is 0 Å². The van der Waals surface area contributed by atoms with E-state index in [1.165, 1.54) is 11.3 Å². The van der Waals surface area contributed by atoms with Gasteiger partial charge in [-0.15, -0.1) is 11.3 Å². The molecule has 1 aliphatic rings. The van der Waals surface area contributed by atoms with Crippen LogP contribution in [0.5, 0.6) is 0 Å². The first-order chi connectivity index (χ1) is 9.29. The zero-order valence-electron chi connectivity index (χ0n) is 10.4. The first kappa shape index (κ1) is 10.9. The number of hydrogen-bond acceptors (Lipinski definition) is 5. The smallest absolute Gasteiger partial charge is 0.271 e. The average molecular weight is 272 g/mol. The summed E-state index contributed by atoms with van der Waals surface area (Å²) in [6.07, 6.45) is 5.60. The average Bonchev–Trinajstić information content (AvgIpc) is 3.19. The molecular formula is C13H12N4OS. The monoisotopic (exact) mass is 272 g/mol. The predicted molar refractivity (Wildman–Crippen MR) is 77.0 cm³/mol. The minimum absolute atomic E-state index is 0.0672. The molecule has 3 heterocycles. The Bertz CT molecular complexity index is 847. The van der Waals surface area contributed by atoms with Crippen LogP contribution in [-0.2, 0) is 0 Å². The van der Waals surface area contributed by atoms with Crippen LogP contribution < -0.4 is 10.9 Å². The first-order valence-electron chi connectivity index (χ1n) is 6.25. The van der Waals surface area contributed by atoms with Crippen molar-refractivity contribution in [1.82, 2.24) is 14.5 Å². The van der Waals surface area contributed by atoms with Crippen molar-refractivity contribution in [3.05, 3.63) is 28.9 Å². The van der Waals surface area contributed by atoms with Crippen LogP contribution in [-0.4, -0.2) is 21.6 Å². The number of anilines is 1. The van der Waals surface area contributed by atoms with Gasteiger partial charge >= 0.3 is 0 Å². The zero-order valence-corrected chi connectivity index (χ0v) is 11.2. The van der Waals surface area contributed by atoms with Crippen molar-refractivity contribution in [3.8, 4) is 0 Å². The molecule has 96 valence electrons. The topological polar surface area (TPSA) is 59.8 Å². The number of nitrogens with one attached hydrogen (secondary N) is 1. The Morgan fingerprint density at radius 2 is 2.26 bits per heavy atom. The molecule has 1 fully saturated rings. The molecule has 0 radical (unpaired) electrons. The lowest BCUT2D eigenvalue weighted by Crippen LogP contribution is -2.18. The molecule has 4 rings (SSSR count). The van der Waals surface area contributed by atoms with E-state index in [2.05, 4.69) is 15.3 Å². The maximum atomic E-state index is 12.5. The molecule has 0 atom stereocenters. The molecular weight excluding hydrogens is 260 g/mol. The fourth-order valence-electron chi connectivity index (χ4n) is 2.39. The molecule has 1 N–H and O–H groups in total. The van der Waals surface area contributed by atoms with Gasteiger partial charge in [-0.05, 0) is 18.9 Å². The van der Waals surface area contributed by atoms with E-state index in [-0.39, 0.29) is 5.56 Å². The van der Waals surface area contributed by atoms with E-state index in [1.807, 2.05) is 13.1 Å². The standard InChI is InChI=1S/C13H12N4OS/c1-14-8-4-5-15-12-9(8)10-11(19-12)13(18)17(6-16-10)7-2-3-7/h4-7H,2-3H2,1H3,(H,14,15). The Labute approximate surface area is 112 Å². The number of aromatic nitrogens is 3. The molecule has 0 aliphatic heterocycles. The summed E-state index contributed by atoms with van der Waals surface area (Å²) in [6, 6.07) is 2.26. The second-order valence-electron chi connectivity index (χ2n) is 4.76. The number of thiophene rings is 1. The van der Waals surface area contributed by atoms with Gasteiger partial charge in [-0.3, -0.25) is 9.36 Å². The van der Waals surface area contributed by atoms with Crippen LogP contribution in [0.2, 0.25) is 0 Å². The lowest BCUT2D eigenvalue weighted by Gasteiger charge is -2.03. The number of nitrogens with zero attached hydrogens (tertiary/aromatic N) is 3. The summed E-state index contributed by atoms with van der Waals surface area (Å²) in [5, 5.41) is 4.08. The van der Waals surface area contributed by atoms with Crippen molar-refractivity contribution in [2.75, 3.05) is 12.4 Å². The van der Waals surface area contributed by atoms with Gasteiger partial charge in [0.05, 0.1) is 17.2 Å². The molecule has 0 amide bonds. The molecule has 19 heavy (non-hydrogen) atoms. The number of fused-ring (bicyclic) bond motifs is 3. The SMILES string of the molecule is CNc1ccnc2sc3c(=O)n(C4CC4)cnc3c12. The van der Waals surface area contributed by atoms with Crippen LogP contribution in [0.25, 0.3) is 20.4 Å². The Balaban J connectivity index is 2.14. The van der Waals surface area contributed by atoms with Gasteiger partial charge in [0.25, 0.3) is 5.56 Å². The fraction of sp³-hybridized carbons (Fsp3) is 0.308. The number of pyridine rings is 1. The van der Waals surface area contributed by atoms with Crippen LogP contribution in [0.15, 0.2) is 23.4 Å². The van der Waals surface area contributed by atoms with Gasteiger partial charge in [-0.1, -0.05) is 0 Å². The maximum absolute atomic E-state index is 12.5. The van der Waals surface area contributed by atoms with Crippen LogP contribution in [0.4, 0.5) is 5.69 Å². The van der Waals surface area contributed by atoms with Gasteiger partial charge in [0.1, 0.15) is 9.53 Å². The van der Waals surface area contributed by atoms with Gasteiger partial charge in [-0.2, -0.15) is 0 Å². The molecule has 3 aromatic rings. The van der Waals surface area contributed by atoms with E-state index >= 15 is 0 Å². The van der Waals surface area contributed by atoms with Gasteiger partial charge in [0, 0.05) is 25.0 Å². The highest BCUT2D eigenvalue weighted by atomic mass is 32.1. The Kier molecular flexibility index (Phi) is 2.17. The Morgan fingerprint density at radius 3 is 3.00 bits per heavy atom. The predicted octanol–water partition coefficient (Wildman–Crippen LogP) is 2.38. The lowest BCUT2D eigenvalue weighted by atomic mass is 10.2. The fourth-order valence-corrected chi connectivity index (χ4v) is 3.45. The van der Waals surface area contributed by atoms with Crippen molar-refractivity contribution in [1.29, 1.82) is 0 Å². The summed E-state index contributed by atoms with van der Waals surface area (Å²) in [5.74, 6) is 0. The molecule has 0 saturated heterocycles. The first-order valence-corrected chi connectivity index (χ1v) is 7.07. The molecule has 0 unspecified atom stereocenters. The van der Waals surface area contributed by atoms with Crippen LogP contribution in [0.1, 0.15) is 18.9 Å². The Morgan fingerprint density at radius 1 is 1.42 bits per heavy atom. The Hall–Kier alpha value is -1.95. The number of hydrogen-bond donors (Lipinski definition) is 1. The minimum Gasteiger partial charge on any atom is -0.387 e. The van der Waals surface area contributed by atoms with Crippen molar-refractivity contribution >= 4 is 37.5 Å². The number of rotatable bonds is 2. The van der Waals surface area contributed by atoms with E-state index < -0.39 is 0 Å². The third-order valence-corrected chi connectivity index (χ3v) is 4.59. The summed E-state index contributed by atoms with van der Waals surface area (Å²) in [6.45, 7) is 0. The van der Waals surface area contributed by atoms with Crippen molar-refractivity contribution in [3.63, 3.8) is 0 Å². The van der Waals surface area contributed by atoms with Gasteiger partial charge in [0.15, 0.2) is 0 Å². The van der Waals surface area contributed by atoms with Crippen LogP contribution in [0.3, 0.4) is 0 Å². The van der Waals surface area contributed by atoms with E-state index in [1.54, 1.807) is 17.1 Å². The van der Waals surface area contributed by atoms with Crippen molar-refractivity contribution in [2.24, 2.45) is 0 Å². The molecule has 3 aromatic heterocycles. The summed E-state index contributed by atoms with van der Waals surface area (Å²) >= 11 is 1.43. The van der Waals surface area contributed by atoms with E-state index in [0.717, 1.165) is 34.3 Å². The summed E-state index contributed by atoms with van der Waals surface area (Å²) < 4.78 is 2.47. The molecule has 5 nitrogen and oxygen atoms in total. The zero-order chi connectivity index (χ0) is 13.0. The second-order valence-corrected chi connectivity index (χ2v) is 5.76. The lowest BCUT2D eigenvalue weighted by molar-refractivity contribution is 0.699. The summed E-state index contributed by atoms with van der Waals surface area (Å²) in [4.78, 5) is 22.2. The largest absolute Gasteiger partial charge is 0.387 e. The third kappa shape index (κ3) is 1.49.